The molecule has 0 unspecified atom stereocenters. The molecule has 6 heteroatoms. The van der Waals surface area contributed by atoms with Gasteiger partial charge in [0.25, 0.3) is 5.91 Å². The lowest BCUT2D eigenvalue weighted by Gasteiger charge is -2.14. The Morgan fingerprint density at radius 1 is 1.04 bits per heavy atom. The van der Waals surface area contributed by atoms with Crippen LogP contribution in [0.3, 0.4) is 0 Å². The van der Waals surface area contributed by atoms with Crippen LogP contribution in [-0.2, 0) is 0 Å². The van der Waals surface area contributed by atoms with Crippen LogP contribution in [0.25, 0.3) is 0 Å². The number of rotatable bonds is 4. The zero-order valence-electron chi connectivity index (χ0n) is 13.0. The molecule has 1 heterocycles. The van der Waals surface area contributed by atoms with Gasteiger partial charge in [-0.2, -0.15) is 0 Å². The van der Waals surface area contributed by atoms with Crippen molar-refractivity contribution in [1.29, 1.82) is 0 Å². The van der Waals surface area contributed by atoms with Gasteiger partial charge >= 0.3 is 0 Å². The van der Waals surface area contributed by atoms with Crippen molar-refractivity contribution in [2.24, 2.45) is 0 Å². The Labute approximate surface area is 144 Å². The van der Waals surface area contributed by atoms with Gasteiger partial charge in [-0.1, -0.05) is 29.8 Å². The molecule has 0 atom stereocenters. The molecule has 3 aromatic rings. The number of amides is 1. The average Bonchev–Trinajstić information content (AvgIpc) is 2.60. The van der Waals surface area contributed by atoms with Gasteiger partial charge in [0.05, 0.1) is 11.3 Å². The predicted octanol–water partition coefficient (Wildman–Crippen LogP) is 4.43. The zero-order valence-corrected chi connectivity index (χ0v) is 13.7. The molecule has 0 aliphatic heterocycles. The van der Waals surface area contributed by atoms with E-state index in [1.165, 1.54) is 6.33 Å². The summed E-state index contributed by atoms with van der Waals surface area (Å²) in [4.78, 5) is 20.4. The standard InChI is InChI=1S/C18H15ClN4O/c1-12-14(19)6-4-8-15(12)22-16-7-3-2-5-13(16)18(24)23-17-9-10-20-11-21-17/h2-11,22H,1H3,(H,20,21,23,24). The van der Waals surface area contributed by atoms with Gasteiger partial charge in [0, 0.05) is 16.9 Å². The second-order valence-electron chi connectivity index (χ2n) is 5.13. The number of hydrogen-bond acceptors (Lipinski definition) is 4. The zero-order chi connectivity index (χ0) is 16.9. The van der Waals surface area contributed by atoms with Crippen LogP contribution in [0.4, 0.5) is 17.2 Å². The summed E-state index contributed by atoms with van der Waals surface area (Å²) in [7, 11) is 0. The van der Waals surface area contributed by atoms with E-state index in [1.807, 2.05) is 43.3 Å². The van der Waals surface area contributed by atoms with Crippen molar-refractivity contribution in [2.75, 3.05) is 10.6 Å². The fourth-order valence-electron chi connectivity index (χ4n) is 2.23. The van der Waals surface area contributed by atoms with E-state index in [2.05, 4.69) is 20.6 Å². The number of carbonyl (C=O) groups is 1. The highest BCUT2D eigenvalue weighted by Gasteiger charge is 2.13. The van der Waals surface area contributed by atoms with Crippen molar-refractivity contribution in [3.63, 3.8) is 0 Å². The number of carbonyl (C=O) groups excluding carboxylic acids is 1. The van der Waals surface area contributed by atoms with Crippen molar-refractivity contribution >= 4 is 34.7 Å². The van der Waals surface area contributed by atoms with Crippen LogP contribution in [-0.4, -0.2) is 15.9 Å². The maximum Gasteiger partial charge on any atom is 0.258 e. The third-order valence-electron chi connectivity index (χ3n) is 3.53. The molecule has 0 aliphatic carbocycles. The molecular weight excluding hydrogens is 324 g/mol. The van der Waals surface area contributed by atoms with Crippen LogP contribution < -0.4 is 10.6 Å². The molecule has 2 N–H and O–H groups in total. The molecule has 5 nitrogen and oxygen atoms in total. The SMILES string of the molecule is Cc1c(Cl)cccc1Nc1ccccc1C(=O)Nc1ccncn1. The summed E-state index contributed by atoms with van der Waals surface area (Å²) in [5.74, 6) is 0.195. The van der Waals surface area contributed by atoms with Gasteiger partial charge in [-0.3, -0.25) is 4.79 Å². The Balaban J connectivity index is 1.88. The minimum absolute atomic E-state index is 0.253. The summed E-state index contributed by atoms with van der Waals surface area (Å²) in [6.07, 6.45) is 2.96. The van der Waals surface area contributed by atoms with E-state index in [0.717, 1.165) is 11.3 Å². The second-order valence-corrected chi connectivity index (χ2v) is 5.54. The van der Waals surface area contributed by atoms with Crippen LogP contribution in [0.15, 0.2) is 61.1 Å². The van der Waals surface area contributed by atoms with Gasteiger partial charge in [0.15, 0.2) is 0 Å². The second kappa shape index (κ2) is 7.10. The maximum atomic E-state index is 12.5. The van der Waals surface area contributed by atoms with Crippen molar-refractivity contribution in [3.05, 3.63) is 77.2 Å². The number of anilines is 3. The lowest BCUT2D eigenvalue weighted by Crippen LogP contribution is -2.14. The highest BCUT2D eigenvalue weighted by Crippen LogP contribution is 2.28. The Morgan fingerprint density at radius 2 is 1.83 bits per heavy atom. The molecule has 24 heavy (non-hydrogen) atoms. The molecule has 0 radical (unpaired) electrons. The monoisotopic (exact) mass is 338 g/mol. The molecule has 0 aliphatic rings. The molecule has 0 saturated heterocycles. The highest BCUT2D eigenvalue weighted by molar-refractivity contribution is 6.31. The van der Waals surface area contributed by atoms with Crippen LogP contribution in [0, 0.1) is 6.92 Å². The first kappa shape index (κ1) is 16.0. The number of para-hydroxylation sites is 1. The number of nitrogens with one attached hydrogen (secondary N) is 2. The fourth-order valence-corrected chi connectivity index (χ4v) is 2.40. The first-order chi connectivity index (χ1) is 11.6. The lowest BCUT2D eigenvalue weighted by molar-refractivity contribution is 0.102. The van der Waals surface area contributed by atoms with Gasteiger partial charge in [0.1, 0.15) is 12.1 Å². The van der Waals surface area contributed by atoms with Crippen molar-refractivity contribution in [2.45, 2.75) is 6.92 Å². The summed E-state index contributed by atoms with van der Waals surface area (Å²) in [5, 5.41) is 6.69. The Morgan fingerprint density at radius 3 is 2.62 bits per heavy atom. The average molecular weight is 339 g/mol. The van der Waals surface area contributed by atoms with Gasteiger partial charge < -0.3 is 10.6 Å². The molecule has 0 fully saturated rings. The number of hydrogen-bond donors (Lipinski definition) is 2. The molecule has 1 amide bonds. The molecule has 120 valence electrons. The molecule has 2 aromatic carbocycles. The Hall–Kier alpha value is -2.92. The van der Waals surface area contributed by atoms with E-state index in [9.17, 15) is 4.79 Å². The first-order valence-corrected chi connectivity index (χ1v) is 7.71. The van der Waals surface area contributed by atoms with E-state index in [0.29, 0.717) is 22.1 Å². The summed E-state index contributed by atoms with van der Waals surface area (Å²) < 4.78 is 0. The Bertz CT molecular complexity index is 868. The smallest absolute Gasteiger partial charge is 0.258 e. The highest BCUT2D eigenvalue weighted by atomic mass is 35.5. The minimum atomic E-state index is -0.253. The number of nitrogens with zero attached hydrogens (tertiary/aromatic N) is 2. The summed E-state index contributed by atoms with van der Waals surface area (Å²) in [5.41, 5.74) is 2.97. The number of aromatic nitrogens is 2. The Kier molecular flexibility index (Phi) is 4.72. The maximum absolute atomic E-state index is 12.5. The van der Waals surface area contributed by atoms with Crippen molar-refractivity contribution in [3.8, 4) is 0 Å². The molecule has 0 saturated carbocycles. The van der Waals surface area contributed by atoms with E-state index >= 15 is 0 Å². The van der Waals surface area contributed by atoms with Crippen LogP contribution in [0.1, 0.15) is 15.9 Å². The molecule has 3 rings (SSSR count). The van der Waals surface area contributed by atoms with Gasteiger partial charge in [-0.05, 0) is 42.8 Å². The van der Waals surface area contributed by atoms with Crippen LogP contribution >= 0.6 is 11.6 Å². The van der Waals surface area contributed by atoms with E-state index in [-0.39, 0.29) is 5.91 Å². The van der Waals surface area contributed by atoms with Gasteiger partial charge in [-0.25, -0.2) is 9.97 Å². The quantitative estimate of drug-likeness (QED) is 0.738. The molecular formula is C18H15ClN4O. The topological polar surface area (TPSA) is 66.9 Å². The summed E-state index contributed by atoms with van der Waals surface area (Å²) >= 11 is 6.16. The minimum Gasteiger partial charge on any atom is -0.355 e. The van der Waals surface area contributed by atoms with Gasteiger partial charge in [-0.15, -0.1) is 0 Å². The number of benzene rings is 2. The van der Waals surface area contributed by atoms with E-state index < -0.39 is 0 Å². The van der Waals surface area contributed by atoms with Crippen LogP contribution in [0.2, 0.25) is 5.02 Å². The number of halogens is 1. The first-order valence-electron chi connectivity index (χ1n) is 7.33. The summed E-state index contributed by atoms with van der Waals surface area (Å²) in [6.45, 7) is 1.92. The van der Waals surface area contributed by atoms with Gasteiger partial charge in [0.2, 0.25) is 0 Å². The lowest BCUT2D eigenvalue weighted by atomic mass is 10.1. The third kappa shape index (κ3) is 3.52. The molecule has 0 bridgehead atoms. The van der Waals surface area contributed by atoms with Crippen molar-refractivity contribution in [1.82, 2.24) is 9.97 Å². The third-order valence-corrected chi connectivity index (χ3v) is 3.94. The van der Waals surface area contributed by atoms with E-state index in [1.54, 1.807) is 18.3 Å². The predicted molar refractivity (Wildman–Crippen MR) is 95.9 cm³/mol. The normalized spacial score (nSPS) is 10.2. The molecule has 1 aromatic heterocycles. The molecule has 0 spiro atoms. The van der Waals surface area contributed by atoms with E-state index in [4.69, 9.17) is 11.6 Å². The fraction of sp³-hybridized carbons (Fsp3) is 0.0556. The summed E-state index contributed by atoms with van der Waals surface area (Å²) in [6, 6.07) is 14.5. The van der Waals surface area contributed by atoms with Crippen molar-refractivity contribution < 1.29 is 4.79 Å². The largest absolute Gasteiger partial charge is 0.355 e. The van der Waals surface area contributed by atoms with Crippen LogP contribution in [0.5, 0.6) is 0 Å².